The molecule has 1 aromatic carbocycles. The maximum Gasteiger partial charge on any atom is 0.0594 e. The van der Waals surface area contributed by atoms with Crippen molar-refractivity contribution in [3.8, 4) is 0 Å². The largest absolute Gasteiger partial charge is 0.379 e. The van der Waals surface area contributed by atoms with Crippen LogP contribution in [0.4, 0.5) is 0 Å². The predicted octanol–water partition coefficient (Wildman–Crippen LogP) is 2.90. The first-order valence-electron chi connectivity index (χ1n) is 8.33. The van der Waals surface area contributed by atoms with Crippen molar-refractivity contribution < 1.29 is 4.74 Å². The Kier molecular flexibility index (Phi) is 4.63. The van der Waals surface area contributed by atoms with E-state index >= 15 is 0 Å². The van der Waals surface area contributed by atoms with Crippen molar-refractivity contribution in [1.82, 2.24) is 10.2 Å². The van der Waals surface area contributed by atoms with Crippen LogP contribution in [0.2, 0.25) is 0 Å². The van der Waals surface area contributed by atoms with Gasteiger partial charge in [-0.15, -0.1) is 0 Å². The topological polar surface area (TPSA) is 24.5 Å². The van der Waals surface area contributed by atoms with Crippen LogP contribution in [0, 0.1) is 6.92 Å². The second-order valence-electron chi connectivity index (χ2n) is 6.54. The van der Waals surface area contributed by atoms with Crippen molar-refractivity contribution in [2.24, 2.45) is 0 Å². The van der Waals surface area contributed by atoms with E-state index in [0.717, 1.165) is 26.3 Å². The Morgan fingerprint density at radius 1 is 1.10 bits per heavy atom. The number of aryl methyl sites for hydroxylation is 1. The minimum absolute atomic E-state index is 0.272. The molecule has 3 heteroatoms. The molecular formula is C18H28N2O. The molecule has 0 amide bonds. The molecule has 0 bridgehead atoms. The normalized spacial score (nSPS) is 24.1. The number of benzene rings is 1. The van der Waals surface area contributed by atoms with Gasteiger partial charge in [0.1, 0.15) is 0 Å². The van der Waals surface area contributed by atoms with Gasteiger partial charge in [-0.2, -0.15) is 0 Å². The quantitative estimate of drug-likeness (QED) is 0.922. The molecule has 1 N–H and O–H groups in total. The van der Waals surface area contributed by atoms with Crippen molar-refractivity contribution in [2.75, 3.05) is 33.4 Å². The third-order valence-corrected chi connectivity index (χ3v) is 5.35. The molecule has 0 radical (unpaired) electrons. The summed E-state index contributed by atoms with van der Waals surface area (Å²) in [4.78, 5) is 2.70. The summed E-state index contributed by atoms with van der Waals surface area (Å²) in [5.41, 5.74) is 3.03. The molecule has 1 saturated heterocycles. The lowest BCUT2D eigenvalue weighted by atomic mass is 9.81. The predicted molar refractivity (Wildman–Crippen MR) is 86.6 cm³/mol. The van der Waals surface area contributed by atoms with Crippen LogP contribution in [0.3, 0.4) is 0 Å². The first kappa shape index (κ1) is 15.0. The smallest absolute Gasteiger partial charge is 0.0594 e. The number of ether oxygens (including phenoxy) is 1. The first-order chi connectivity index (χ1) is 10.3. The first-order valence-corrected chi connectivity index (χ1v) is 8.33. The highest BCUT2D eigenvalue weighted by molar-refractivity contribution is 5.28. The van der Waals surface area contributed by atoms with Gasteiger partial charge >= 0.3 is 0 Å². The minimum Gasteiger partial charge on any atom is -0.379 e. The van der Waals surface area contributed by atoms with E-state index in [1.54, 1.807) is 0 Å². The van der Waals surface area contributed by atoms with E-state index in [2.05, 4.69) is 48.5 Å². The number of hydrogen-bond donors (Lipinski definition) is 1. The molecule has 1 unspecified atom stereocenters. The van der Waals surface area contributed by atoms with Gasteiger partial charge in [0, 0.05) is 18.6 Å². The number of nitrogens with one attached hydrogen (secondary N) is 1. The lowest BCUT2D eigenvalue weighted by Crippen LogP contribution is -2.57. The molecule has 116 valence electrons. The van der Waals surface area contributed by atoms with Crippen molar-refractivity contribution in [3.05, 3.63) is 35.4 Å². The molecule has 2 aliphatic rings. The molecule has 0 spiro atoms. The average Bonchev–Trinajstić information content (AvgIpc) is 3.01. The molecule has 0 aromatic heterocycles. The zero-order chi connectivity index (χ0) is 14.7. The van der Waals surface area contributed by atoms with E-state index in [1.807, 2.05) is 0 Å². The standard InChI is InChI=1S/C18H28N2O/c1-15-5-7-16(8-6-15)17(19-2)18(9-3-4-10-18)20-11-13-21-14-12-20/h5-8,17,19H,3-4,9-14H2,1-2H3. The Hall–Kier alpha value is -0.900. The van der Waals surface area contributed by atoms with Crippen LogP contribution in [0.15, 0.2) is 24.3 Å². The summed E-state index contributed by atoms with van der Waals surface area (Å²) in [5.74, 6) is 0. The van der Waals surface area contributed by atoms with Crippen molar-refractivity contribution in [1.29, 1.82) is 0 Å². The summed E-state index contributed by atoms with van der Waals surface area (Å²) in [6.07, 6.45) is 5.29. The van der Waals surface area contributed by atoms with Gasteiger partial charge in [-0.25, -0.2) is 0 Å². The lowest BCUT2D eigenvalue weighted by molar-refractivity contribution is -0.0354. The van der Waals surface area contributed by atoms with Gasteiger partial charge in [0.15, 0.2) is 0 Å². The van der Waals surface area contributed by atoms with Gasteiger partial charge in [-0.1, -0.05) is 42.7 Å². The molecule has 3 rings (SSSR count). The highest BCUT2D eigenvalue weighted by Gasteiger charge is 2.46. The number of likely N-dealkylation sites (N-methyl/N-ethyl adjacent to an activating group) is 1. The SMILES string of the molecule is CNC(c1ccc(C)cc1)C1(N2CCOCC2)CCCC1. The Balaban J connectivity index is 1.91. The zero-order valence-corrected chi connectivity index (χ0v) is 13.4. The van der Waals surface area contributed by atoms with E-state index in [-0.39, 0.29) is 5.54 Å². The highest BCUT2D eigenvalue weighted by atomic mass is 16.5. The second kappa shape index (κ2) is 6.47. The third kappa shape index (κ3) is 2.87. The Morgan fingerprint density at radius 3 is 2.29 bits per heavy atom. The molecule has 1 atom stereocenters. The van der Waals surface area contributed by atoms with Crippen LogP contribution < -0.4 is 5.32 Å². The van der Waals surface area contributed by atoms with E-state index in [4.69, 9.17) is 4.74 Å². The summed E-state index contributed by atoms with van der Waals surface area (Å²) >= 11 is 0. The minimum atomic E-state index is 0.272. The molecule has 1 aromatic rings. The summed E-state index contributed by atoms with van der Waals surface area (Å²) in [6, 6.07) is 9.50. The fraction of sp³-hybridized carbons (Fsp3) is 0.667. The van der Waals surface area contributed by atoms with Gasteiger partial charge in [-0.05, 0) is 32.4 Å². The van der Waals surface area contributed by atoms with E-state index in [0.29, 0.717) is 6.04 Å². The van der Waals surface area contributed by atoms with Crippen LogP contribution in [-0.2, 0) is 4.74 Å². The van der Waals surface area contributed by atoms with Gasteiger partial charge in [0.2, 0.25) is 0 Å². The zero-order valence-electron chi connectivity index (χ0n) is 13.4. The van der Waals surface area contributed by atoms with Crippen molar-refractivity contribution >= 4 is 0 Å². The fourth-order valence-electron chi connectivity index (χ4n) is 4.29. The Bertz CT molecular complexity index is 445. The monoisotopic (exact) mass is 288 g/mol. The number of morpholine rings is 1. The summed E-state index contributed by atoms with van der Waals surface area (Å²) < 4.78 is 5.58. The molecule has 1 saturated carbocycles. The second-order valence-corrected chi connectivity index (χ2v) is 6.54. The summed E-state index contributed by atoms with van der Waals surface area (Å²) in [7, 11) is 2.12. The number of nitrogens with zero attached hydrogens (tertiary/aromatic N) is 1. The molecular weight excluding hydrogens is 260 g/mol. The van der Waals surface area contributed by atoms with Crippen LogP contribution in [0.25, 0.3) is 0 Å². The van der Waals surface area contributed by atoms with Crippen LogP contribution in [0.1, 0.15) is 42.9 Å². The van der Waals surface area contributed by atoms with Crippen LogP contribution in [-0.4, -0.2) is 43.8 Å². The van der Waals surface area contributed by atoms with E-state index < -0.39 is 0 Å². The summed E-state index contributed by atoms with van der Waals surface area (Å²) in [5, 5.41) is 3.64. The van der Waals surface area contributed by atoms with Gasteiger partial charge in [0.25, 0.3) is 0 Å². The van der Waals surface area contributed by atoms with E-state index in [1.165, 1.54) is 36.8 Å². The third-order valence-electron chi connectivity index (χ3n) is 5.35. The molecule has 21 heavy (non-hydrogen) atoms. The number of hydrogen-bond acceptors (Lipinski definition) is 3. The Morgan fingerprint density at radius 2 is 1.71 bits per heavy atom. The van der Waals surface area contributed by atoms with Gasteiger partial charge in [-0.3, -0.25) is 4.90 Å². The lowest BCUT2D eigenvalue weighted by Gasteiger charge is -2.48. The number of rotatable bonds is 4. The molecule has 3 nitrogen and oxygen atoms in total. The molecule has 1 aliphatic heterocycles. The van der Waals surface area contributed by atoms with Gasteiger partial charge in [0.05, 0.1) is 19.3 Å². The van der Waals surface area contributed by atoms with Crippen molar-refractivity contribution in [3.63, 3.8) is 0 Å². The van der Waals surface area contributed by atoms with E-state index in [9.17, 15) is 0 Å². The Labute approximate surface area is 128 Å². The molecule has 2 fully saturated rings. The summed E-state index contributed by atoms with van der Waals surface area (Å²) in [6.45, 7) is 6.07. The van der Waals surface area contributed by atoms with Crippen molar-refractivity contribution in [2.45, 2.75) is 44.2 Å². The maximum absolute atomic E-state index is 5.58. The van der Waals surface area contributed by atoms with Crippen LogP contribution in [0.5, 0.6) is 0 Å². The molecule has 1 heterocycles. The van der Waals surface area contributed by atoms with Crippen LogP contribution >= 0.6 is 0 Å². The maximum atomic E-state index is 5.58. The highest BCUT2D eigenvalue weighted by Crippen LogP contribution is 2.44. The fourth-order valence-corrected chi connectivity index (χ4v) is 4.29. The molecule has 1 aliphatic carbocycles. The van der Waals surface area contributed by atoms with Gasteiger partial charge < -0.3 is 10.1 Å². The average molecular weight is 288 g/mol.